The predicted octanol–water partition coefficient (Wildman–Crippen LogP) is 8.14. The lowest BCUT2D eigenvalue weighted by atomic mass is 10.1. The average molecular weight is 619 g/mol. The zero-order valence-electron chi connectivity index (χ0n) is 23.2. The molecule has 4 rings (SSSR count). The fraction of sp³-hybridized carbons (Fsp3) is 0.121. The van der Waals surface area contributed by atoms with E-state index in [1.807, 2.05) is 51.1 Å². The van der Waals surface area contributed by atoms with Gasteiger partial charge in [0.1, 0.15) is 5.70 Å². The third kappa shape index (κ3) is 8.49. The number of anilines is 2. The van der Waals surface area contributed by atoms with Crippen LogP contribution >= 0.6 is 35.0 Å². The van der Waals surface area contributed by atoms with Crippen molar-refractivity contribution in [3.05, 3.63) is 129 Å². The second-order valence-corrected chi connectivity index (χ2v) is 11.8. The normalized spacial score (nSPS) is 11.9. The number of amides is 3. The number of rotatable bonds is 9. The highest BCUT2D eigenvalue weighted by molar-refractivity contribution is 8.00. The molecular weight excluding hydrogens is 589 g/mol. The number of benzene rings is 4. The van der Waals surface area contributed by atoms with Gasteiger partial charge in [-0.2, -0.15) is 0 Å². The Morgan fingerprint density at radius 3 is 2.24 bits per heavy atom. The zero-order valence-corrected chi connectivity index (χ0v) is 25.5. The fourth-order valence-electron chi connectivity index (χ4n) is 3.89. The quantitative estimate of drug-likeness (QED) is 0.131. The van der Waals surface area contributed by atoms with Crippen molar-refractivity contribution in [2.75, 3.05) is 10.6 Å². The lowest BCUT2D eigenvalue weighted by Gasteiger charge is -2.15. The Hall–Kier alpha value is -4.04. The van der Waals surface area contributed by atoms with Crippen LogP contribution in [0.25, 0.3) is 6.08 Å². The Morgan fingerprint density at radius 1 is 0.833 bits per heavy atom. The highest BCUT2D eigenvalue weighted by atomic mass is 35.5. The molecule has 0 heterocycles. The van der Waals surface area contributed by atoms with E-state index in [4.69, 9.17) is 23.2 Å². The van der Waals surface area contributed by atoms with Gasteiger partial charge in [-0.05, 0) is 98.1 Å². The van der Waals surface area contributed by atoms with Gasteiger partial charge in [-0.3, -0.25) is 14.4 Å². The summed E-state index contributed by atoms with van der Waals surface area (Å²) in [5.41, 5.74) is 4.30. The molecule has 0 aliphatic heterocycles. The van der Waals surface area contributed by atoms with E-state index in [2.05, 4.69) is 16.0 Å². The lowest BCUT2D eigenvalue weighted by molar-refractivity contribution is -0.115. The number of carbonyl (C=O) groups is 3. The number of nitrogens with one attached hydrogen (secondary N) is 3. The van der Waals surface area contributed by atoms with Crippen molar-refractivity contribution >= 4 is 70.1 Å². The highest BCUT2D eigenvalue weighted by Crippen LogP contribution is 2.27. The highest BCUT2D eigenvalue weighted by Gasteiger charge is 2.18. The molecule has 3 N–H and O–H groups in total. The van der Waals surface area contributed by atoms with Crippen LogP contribution in [0.15, 0.2) is 102 Å². The maximum Gasteiger partial charge on any atom is 0.272 e. The van der Waals surface area contributed by atoms with Gasteiger partial charge in [0.15, 0.2) is 0 Å². The van der Waals surface area contributed by atoms with Crippen molar-refractivity contribution in [1.29, 1.82) is 0 Å². The first kappa shape index (κ1) is 30.9. The minimum absolute atomic E-state index is 0.00302. The smallest absolute Gasteiger partial charge is 0.272 e. The Morgan fingerprint density at radius 2 is 1.55 bits per heavy atom. The topological polar surface area (TPSA) is 87.3 Å². The molecule has 214 valence electrons. The summed E-state index contributed by atoms with van der Waals surface area (Å²) in [5, 5.41) is 8.94. The predicted molar refractivity (Wildman–Crippen MR) is 173 cm³/mol. The van der Waals surface area contributed by atoms with Crippen molar-refractivity contribution in [3.63, 3.8) is 0 Å². The summed E-state index contributed by atoms with van der Waals surface area (Å²) in [5.74, 6) is -1.08. The monoisotopic (exact) mass is 617 g/mol. The Kier molecular flexibility index (Phi) is 10.5. The number of hydrogen-bond donors (Lipinski definition) is 3. The number of halogens is 2. The molecule has 1 atom stereocenters. The first-order valence-electron chi connectivity index (χ1n) is 13.1. The Balaban J connectivity index is 1.45. The molecule has 0 spiro atoms. The van der Waals surface area contributed by atoms with E-state index < -0.39 is 11.8 Å². The van der Waals surface area contributed by atoms with E-state index in [0.29, 0.717) is 26.9 Å². The second-order valence-electron chi connectivity index (χ2n) is 9.59. The van der Waals surface area contributed by atoms with Gasteiger partial charge in [0, 0.05) is 31.9 Å². The second kappa shape index (κ2) is 14.2. The van der Waals surface area contributed by atoms with Crippen LogP contribution in [0, 0.1) is 13.8 Å². The molecule has 0 saturated heterocycles. The van der Waals surface area contributed by atoms with E-state index in [9.17, 15) is 14.4 Å². The van der Waals surface area contributed by atoms with Crippen molar-refractivity contribution in [3.8, 4) is 0 Å². The molecule has 0 radical (unpaired) electrons. The third-order valence-corrected chi connectivity index (χ3v) is 7.91. The maximum absolute atomic E-state index is 13.3. The van der Waals surface area contributed by atoms with Crippen LogP contribution in [0.5, 0.6) is 0 Å². The number of aryl methyl sites for hydroxylation is 2. The fourth-order valence-corrected chi connectivity index (χ4v) is 5.22. The number of carbonyl (C=O) groups excluding carboxylic acids is 3. The van der Waals surface area contributed by atoms with Crippen molar-refractivity contribution < 1.29 is 14.4 Å². The van der Waals surface area contributed by atoms with Crippen molar-refractivity contribution in [2.45, 2.75) is 30.9 Å². The SMILES string of the molecule is Cc1ccc(C)c(NC(=O)C(C)Sc2ccc(NC(=O)/C(=C/c3ccc(Cl)cc3Cl)NC(=O)c3ccccc3)cc2)c1. The van der Waals surface area contributed by atoms with Gasteiger partial charge in [0.05, 0.1) is 5.25 Å². The first-order chi connectivity index (χ1) is 20.1. The standard InChI is InChI=1S/C33H29Cl2N3O3S/c1-20-9-10-21(2)29(17-20)37-31(39)22(3)42-27-15-13-26(14-16-27)36-33(41)30(18-24-11-12-25(34)19-28(24)35)38-32(40)23-7-5-4-6-8-23/h4-19,22H,1-3H3,(H,36,41)(H,37,39)(H,38,40)/b30-18-. The van der Waals surface area contributed by atoms with Gasteiger partial charge in [-0.15, -0.1) is 11.8 Å². The molecule has 0 aliphatic carbocycles. The van der Waals surface area contributed by atoms with E-state index in [1.54, 1.807) is 60.7 Å². The van der Waals surface area contributed by atoms with Gasteiger partial charge in [0.2, 0.25) is 5.91 Å². The summed E-state index contributed by atoms with van der Waals surface area (Å²) in [7, 11) is 0. The van der Waals surface area contributed by atoms with Gasteiger partial charge in [0.25, 0.3) is 11.8 Å². The van der Waals surface area contributed by atoms with Crippen LogP contribution in [0.1, 0.15) is 34.0 Å². The molecule has 0 fully saturated rings. The number of hydrogen-bond acceptors (Lipinski definition) is 4. The van der Waals surface area contributed by atoms with Crippen LogP contribution in [0.3, 0.4) is 0 Å². The molecule has 0 bridgehead atoms. The summed E-state index contributed by atoms with van der Waals surface area (Å²) < 4.78 is 0. The molecule has 42 heavy (non-hydrogen) atoms. The minimum Gasteiger partial charge on any atom is -0.325 e. The summed E-state index contributed by atoms with van der Waals surface area (Å²) >= 11 is 13.8. The molecule has 4 aromatic carbocycles. The molecule has 3 amide bonds. The van der Waals surface area contributed by atoms with Crippen molar-refractivity contribution in [1.82, 2.24) is 5.32 Å². The summed E-state index contributed by atoms with van der Waals surface area (Å²) in [6, 6.07) is 26.5. The van der Waals surface area contributed by atoms with Crippen LogP contribution in [0.2, 0.25) is 10.0 Å². The molecule has 6 nitrogen and oxygen atoms in total. The van der Waals surface area contributed by atoms with Gasteiger partial charge in [-0.25, -0.2) is 0 Å². The van der Waals surface area contributed by atoms with Crippen LogP contribution in [-0.2, 0) is 9.59 Å². The van der Waals surface area contributed by atoms with Gasteiger partial charge < -0.3 is 16.0 Å². The summed E-state index contributed by atoms with van der Waals surface area (Å²) in [6.45, 7) is 5.78. The van der Waals surface area contributed by atoms with E-state index in [1.165, 1.54) is 17.8 Å². The summed E-state index contributed by atoms with van der Waals surface area (Å²) in [4.78, 5) is 39.9. The van der Waals surface area contributed by atoms with Crippen LogP contribution in [-0.4, -0.2) is 23.0 Å². The Labute approximate surface area is 259 Å². The van der Waals surface area contributed by atoms with E-state index in [0.717, 1.165) is 21.7 Å². The maximum atomic E-state index is 13.3. The molecular formula is C33H29Cl2N3O3S. The van der Waals surface area contributed by atoms with E-state index in [-0.39, 0.29) is 16.9 Å². The summed E-state index contributed by atoms with van der Waals surface area (Å²) in [6.07, 6.45) is 1.50. The Bertz CT molecular complexity index is 1640. The van der Waals surface area contributed by atoms with Gasteiger partial charge in [-0.1, -0.05) is 59.6 Å². The molecule has 0 aromatic heterocycles. The van der Waals surface area contributed by atoms with Crippen molar-refractivity contribution in [2.24, 2.45) is 0 Å². The largest absolute Gasteiger partial charge is 0.325 e. The molecule has 9 heteroatoms. The molecule has 0 aliphatic rings. The molecule has 0 saturated carbocycles. The molecule has 1 unspecified atom stereocenters. The minimum atomic E-state index is -0.535. The van der Waals surface area contributed by atoms with Gasteiger partial charge >= 0.3 is 0 Å². The first-order valence-corrected chi connectivity index (χ1v) is 14.7. The average Bonchev–Trinajstić information content (AvgIpc) is 2.97. The zero-order chi connectivity index (χ0) is 30.2. The van der Waals surface area contributed by atoms with Crippen LogP contribution in [0.4, 0.5) is 11.4 Å². The third-order valence-electron chi connectivity index (χ3n) is 6.24. The lowest BCUT2D eigenvalue weighted by Crippen LogP contribution is -2.30. The van der Waals surface area contributed by atoms with E-state index >= 15 is 0 Å². The number of thioether (sulfide) groups is 1. The van der Waals surface area contributed by atoms with Crippen LogP contribution < -0.4 is 16.0 Å². The molecule has 4 aromatic rings.